The predicted octanol–water partition coefficient (Wildman–Crippen LogP) is 6.31. The summed E-state index contributed by atoms with van der Waals surface area (Å²) in [5.74, 6) is 0. The Hall–Kier alpha value is -0.800. The van der Waals surface area contributed by atoms with Crippen LogP contribution in [0.1, 0.15) is 35.2 Å². The fourth-order valence-electron chi connectivity index (χ4n) is 2.55. The quantitative estimate of drug-likeness (QED) is 0.640. The van der Waals surface area contributed by atoms with Gasteiger partial charge in [-0.05, 0) is 56.5 Å². The number of aryl methyl sites for hydroxylation is 3. The molecule has 20 heavy (non-hydrogen) atoms. The minimum Gasteiger partial charge on any atom is -0.378 e. The molecule has 1 N–H and O–H groups in total. The van der Waals surface area contributed by atoms with Crippen LogP contribution in [0.3, 0.4) is 0 Å². The van der Waals surface area contributed by atoms with Crippen molar-refractivity contribution < 1.29 is 0 Å². The molecule has 0 spiro atoms. The minimum atomic E-state index is 0.248. The minimum absolute atomic E-state index is 0.248. The second-order valence-corrected chi connectivity index (χ2v) is 7.08. The van der Waals surface area contributed by atoms with E-state index in [1.54, 1.807) is 0 Å². The van der Waals surface area contributed by atoms with Crippen LogP contribution < -0.4 is 5.32 Å². The zero-order valence-electron chi connectivity index (χ0n) is 12.2. The van der Waals surface area contributed by atoms with E-state index in [-0.39, 0.29) is 6.04 Å². The van der Waals surface area contributed by atoms with Crippen LogP contribution in [-0.2, 0) is 0 Å². The van der Waals surface area contributed by atoms with Gasteiger partial charge >= 0.3 is 0 Å². The summed E-state index contributed by atoms with van der Waals surface area (Å²) in [6.07, 6.45) is 0. The Labute approximate surface area is 138 Å². The summed E-state index contributed by atoms with van der Waals surface area (Å²) in [5, 5.41) is 3.64. The maximum atomic E-state index is 3.64. The van der Waals surface area contributed by atoms with Crippen LogP contribution in [-0.4, -0.2) is 0 Å². The highest BCUT2D eigenvalue weighted by molar-refractivity contribution is 9.11. The summed E-state index contributed by atoms with van der Waals surface area (Å²) in [6.45, 7) is 8.64. The van der Waals surface area contributed by atoms with Gasteiger partial charge in [0.1, 0.15) is 0 Å². The summed E-state index contributed by atoms with van der Waals surface area (Å²) < 4.78 is 2.21. The Kier molecular flexibility index (Phi) is 4.92. The lowest BCUT2D eigenvalue weighted by Gasteiger charge is -2.21. The average molecular weight is 397 g/mol. The molecule has 2 aromatic rings. The number of hydrogen-bond donors (Lipinski definition) is 1. The molecule has 0 aliphatic heterocycles. The molecular weight excluding hydrogens is 378 g/mol. The Morgan fingerprint density at radius 1 is 0.950 bits per heavy atom. The SMILES string of the molecule is Cc1cc(C)c(NC(C)c2ccc(Br)cc2Br)c(C)c1. The lowest BCUT2D eigenvalue weighted by molar-refractivity contribution is 0.873. The van der Waals surface area contributed by atoms with Gasteiger partial charge in [0.05, 0.1) is 0 Å². The molecule has 0 heterocycles. The Morgan fingerprint density at radius 3 is 2.10 bits per heavy atom. The van der Waals surface area contributed by atoms with Gasteiger partial charge in [-0.1, -0.05) is 55.6 Å². The largest absolute Gasteiger partial charge is 0.378 e. The van der Waals surface area contributed by atoms with Crippen molar-refractivity contribution in [3.63, 3.8) is 0 Å². The van der Waals surface area contributed by atoms with Crippen molar-refractivity contribution in [2.24, 2.45) is 0 Å². The number of halogens is 2. The van der Waals surface area contributed by atoms with E-state index in [4.69, 9.17) is 0 Å². The molecule has 0 aromatic heterocycles. The van der Waals surface area contributed by atoms with Gasteiger partial charge in [0.15, 0.2) is 0 Å². The fraction of sp³-hybridized carbons (Fsp3) is 0.294. The molecule has 0 aliphatic rings. The van der Waals surface area contributed by atoms with Gasteiger partial charge in [-0.15, -0.1) is 0 Å². The average Bonchev–Trinajstić information content (AvgIpc) is 2.33. The van der Waals surface area contributed by atoms with Gasteiger partial charge in [-0.25, -0.2) is 0 Å². The number of nitrogens with one attached hydrogen (secondary N) is 1. The second-order valence-electron chi connectivity index (χ2n) is 5.31. The van der Waals surface area contributed by atoms with Crippen LogP contribution in [0.2, 0.25) is 0 Å². The zero-order valence-corrected chi connectivity index (χ0v) is 15.4. The van der Waals surface area contributed by atoms with Crippen LogP contribution in [0.15, 0.2) is 39.3 Å². The molecule has 0 saturated carbocycles. The lowest BCUT2D eigenvalue weighted by atomic mass is 10.0. The first kappa shape index (κ1) is 15.6. The summed E-state index contributed by atoms with van der Waals surface area (Å²) in [5.41, 5.74) is 6.39. The van der Waals surface area contributed by atoms with Crippen molar-refractivity contribution in [1.82, 2.24) is 0 Å². The highest BCUT2D eigenvalue weighted by Gasteiger charge is 2.12. The lowest BCUT2D eigenvalue weighted by Crippen LogP contribution is -2.09. The summed E-state index contributed by atoms with van der Waals surface area (Å²) in [4.78, 5) is 0. The van der Waals surface area contributed by atoms with Crippen molar-refractivity contribution >= 4 is 37.5 Å². The third-order valence-corrected chi connectivity index (χ3v) is 4.65. The van der Waals surface area contributed by atoms with E-state index >= 15 is 0 Å². The van der Waals surface area contributed by atoms with E-state index < -0.39 is 0 Å². The van der Waals surface area contributed by atoms with E-state index in [2.05, 4.69) is 95.2 Å². The first-order valence-corrected chi connectivity index (χ1v) is 8.26. The molecular formula is C17H19Br2N. The Bertz CT molecular complexity index is 612. The van der Waals surface area contributed by atoms with Crippen molar-refractivity contribution in [2.75, 3.05) is 5.32 Å². The molecule has 0 radical (unpaired) electrons. The van der Waals surface area contributed by atoms with E-state index in [9.17, 15) is 0 Å². The summed E-state index contributed by atoms with van der Waals surface area (Å²) in [6, 6.07) is 11.0. The van der Waals surface area contributed by atoms with Crippen molar-refractivity contribution in [1.29, 1.82) is 0 Å². The van der Waals surface area contributed by atoms with E-state index in [0.29, 0.717) is 0 Å². The summed E-state index contributed by atoms with van der Waals surface area (Å²) >= 11 is 7.13. The molecule has 106 valence electrons. The van der Waals surface area contributed by atoms with E-state index in [1.807, 2.05) is 0 Å². The van der Waals surface area contributed by atoms with Crippen LogP contribution >= 0.6 is 31.9 Å². The number of anilines is 1. The van der Waals surface area contributed by atoms with E-state index in [0.717, 1.165) is 8.95 Å². The molecule has 1 atom stereocenters. The van der Waals surface area contributed by atoms with Crippen molar-refractivity contribution in [3.8, 4) is 0 Å². The first-order chi connectivity index (χ1) is 9.38. The summed E-state index contributed by atoms with van der Waals surface area (Å²) in [7, 11) is 0. The molecule has 1 unspecified atom stereocenters. The number of hydrogen-bond acceptors (Lipinski definition) is 1. The maximum Gasteiger partial charge on any atom is 0.0497 e. The second kappa shape index (κ2) is 6.31. The van der Waals surface area contributed by atoms with Crippen molar-refractivity contribution in [2.45, 2.75) is 33.7 Å². The third kappa shape index (κ3) is 3.44. The molecule has 1 nitrogen and oxygen atoms in total. The van der Waals surface area contributed by atoms with Gasteiger partial charge in [-0.3, -0.25) is 0 Å². The number of benzene rings is 2. The Morgan fingerprint density at radius 2 is 1.55 bits per heavy atom. The van der Waals surface area contributed by atoms with Gasteiger partial charge in [0.2, 0.25) is 0 Å². The highest BCUT2D eigenvalue weighted by Crippen LogP contribution is 2.31. The van der Waals surface area contributed by atoms with Crippen molar-refractivity contribution in [3.05, 3.63) is 61.5 Å². The standard InChI is InChI=1S/C17H19Br2N/c1-10-7-11(2)17(12(3)8-10)20-13(4)15-6-5-14(18)9-16(15)19/h5-9,13,20H,1-4H3. The van der Waals surface area contributed by atoms with Crippen LogP contribution in [0.5, 0.6) is 0 Å². The maximum absolute atomic E-state index is 3.64. The van der Waals surface area contributed by atoms with E-state index in [1.165, 1.54) is 27.9 Å². The van der Waals surface area contributed by atoms with Gasteiger partial charge < -0.3 is 5.32 Å². The molecule has 0 fully saturated rings. The van der Waals surface area contributed by atoms with Crippen LogP contribution in [0.25, 0.3) is 0 Å². The molecule has 2 rings (SSSR count). The van der Waals surface area contributed by atoms with Gasteiger partial charge in [0.25, 0.3) is 0 Å². The molecule has 0 aliphatic carbocycles. The predicted molar refractivity (Wildman–Crippen MR) is 94.5 cm³/mol. The molecule has 0 bridgehead atoms. The zero-order chi connectivity index (χ0) is 14.9. The third-order valence-electron chi connectivity index (χ3n) is 3.47. The fourth-order valence-corrected chi connectivity index (χ4v) is 3.95. The monoisotopic (exact) mass is 395 g/mol. The molecule has 2 aromatic carbocycles. The van der Waals surface area contributed by atoms with Gasteiger partial charge in [-0.2, -0.15) is 0 Å². The highest BCUT2D eigenvalue weighted by atomic mass is 79.9. The van der Waals surface area contributed by atoms with Crippen LogP contribution in [0.4, 0.5) is 5.69 Å². The smallest absolute Gasteiger partial charge is 0.0497 e. The molecule has 0 saturated heterocycles. The normalized spacial score (nSPS) is 12.3. The van der Waals surface area contributed by atoms with Crippen LogP contribution in [0, 0.1) is 20.8 Å². The number of rotatable bonds is 3. The first-order valence-electron chi connectivity index (χ1n) is 6.68. The van der Waals surface area contributed by atoms with Gasteiger partial charge in [0, 0.05) is 20.7 Å². The molecule has 3 heteroatoms. The topological polar surface area (TPSA) is 12.0 Å². The molecule has 0 amide bonds. The Balaban J connectivity index is 2.30.